The van der Waals surface area contributed by atoms with Crippen LogP contribution >= 0.6 is 11.8 Å². The van der Waals surface area contributed by atoms with E-state index in [1.807, 2.05) is 18.2 Å². The number of hydrogen-bond acceptors (Lipinski definition) is 9. The second-order valence-electron chi connectivity index (χ2n) is 5.87. The fourth-order valence-corrected chi connectivity index (χ4v) is 3.06. The van der Waals surface area contributed by atoms with Gasteiger partial charge in [0, 0.05) is 6.54 Å². The lowest BCUT2D eigenvalue weighted by molar-refractivity contribution is -0.118. The number of aromatic nitrogens is 2. The van der Waals surface area contributed by atoms with Gasteiger partial charge in [-0.05, 0) is 29.8 Å². The zero-order chi connectivity index (χ0) is 20.1. The first-order valence-electron chi connectivity index (χ1n) is 8.59. The first-order valence-corrected chi connectivity index (χ1v) is 9.58. The lowest BCUT2D eigenvalue weighted by Crippen LogP contribution is -2.24. The van der Waals surface area contributed by atoms with E-state index < -0.39 is 0 Å². The van der Waals surface area contributed by atoms with Gasteiger partial charge in [-0.25, -0.2) is 0 Å². The highest BCUT2D eigenvalue weighted by Crippen LogP contribution is 2.32. The Morgan fingerprint density at radius 2 is 1.97 bits per heavy atom. The van der Waals surface area contributed by atoms with Crippen LogP contribution in [0.1, 0.15) is 22.0 Å². The highest BCUT2D eigenvalue weighted by Gasteiger charge is 2.15. The maximum absolute atomic E-state index is 12.0. The molecule has 0 bridgehead atoms. The molecule has 150 valence electrons. The molecule has 3 heterocycles. The molecule has 0 unspecified atom stereocenters. The molecule has 11 heteroatoms. The van der Waals surface area contributed by atoms with Crippen LogP contribution in [0.3, 0.4) is 0 Å². The number of carbonyl (C=O) groups is 2. The van der Waals surface area contributed by atoms with Crippen LogP contribution in [0.25, 0.3) is 0 Å². The van der Waals surface area contributed by atoms with Crippen molar-refractivity contribution in [2.45, 2.75) is 18.3 Å². The number of nitrogens with one attached hydrogen (secondary N) is 2. The number of fused-ring (bicyclic) bond motifs is 1. The third kappa shape index (κ3) is 4.88. The fraction of sp³-hybridized carbons (Fsp3) is 0.222. The minimum absolute atomic E-state index is 0.0589. The smallest absolute Gasteiger partial charge is 0.287 e. The molecule has 0 spiro atoms. The van der Waals surface area contributed by atoms with Crippen molar-refractivity contribution in [2.75, 3.05) is 12.5 Å². The summed E-state index contributed by atoms with van der Waals surface area (Å²) in [7, 11) is 0. The van der Waals surface area contributed by atoms with Crippen molar-refractivity contribution in [1.82, 2.24) is 20.8 Å². The number of carbonyl (C=O) groups excluding carboxylic acids is 2. The lowest BCUT2D eigenvalue weighted by Gasteiger charge is -2.05. The van der Waals surface area contributed by atoms with Crippen LogP contribution in [-0.4, -0.2) is 34.6 Å². The third-order valence-electron chi connectivity index (χ3n) is 3.85. The van der Waals surface area contributed by atoms with Crippen molar-refractivity contribution in [3.63, 3.8) is 0 Å². The van der Waals surface area contributed by atoms with E-state index in [0.717, 1.165) is 17.3 Å². The van der Waals surface area contributed by atoms with Crippen LogP contribution in [-0.2, 0) is 17.9 Å². The Balaban J connectivity index is 1.19. The van der Waals surface area contributed by atoms with Crippen LogP contribution < -0.4 is 20.1 Å². The van der Waals surface area contributed by atoms with E-state index in [2.05, 4.69) is 20.8 Å². The molecule has 0 radical (unpaired) electrons. The number of rotatable bonds is 8. The minimum Gasteiger partial charge on any atom is -0.459 e. The average molecular weight is 416 g/mol. The Bertz CT molecular complexity index is 1000. The Morgan fingerprint density at radius 3 is 2.83 bits per heavy atom. The summed E-state index contributed by atoms with van der Waals surface area (Å²) in [4.78, 5) is 23.8. The van der Waals surface area contributed by atoms with Crippen molar-refractivity contribution >= 4 is 23.6 Å². The molecule has 0 atom stereocenters. The highest BCUT2D eigenvalue weighted by atomic mass is 32.2. The van der Waals surface area contributed by atoms with Crippen molar-refractivity contribution in [2.24, 2.45) is 0 Å². The molecule has 1 aliphatic heterocycles. The first kappa shape index (κ1) is 18.9. The number of nitrogens with zero attached hydrogens (tertiary/aromatic N) is 2. The van der Waals surface area contributed by atoms with Gasteiger partial charge in [0.1, 0.15) is 0 Å². The molecule has 2 aromatic heterocycles. The second kappa shape index (κ2) is 8.69. The van der Waals surface area contributed by atoms with E-state index in [4.69, 9.17) is 18.3 Å². The maximum atomic E-state index is 12.0. The van der Waals surface area contributed by atoms with Gasteiger partial charge in [-0.1, -0.05) is 17.8 Å². The van der Waals surface area contributed by atoms with E-state index in [1.165, 1.54) is 6.26 Å². The summed E-state index contributed by atoms with van der Waals surface area (Å²) in [6, 6.07) is 8.67. The molecule has 2 amide bonds. The zero-order valence-electron chi connectivity index (χ0n) is 15.0. The Hall–Kier alpha value is -3.47. The molecule has 29 heavy (non-hydrogen) atoms. The zero-order valence-corrected chi connectivity index (χ0v) is 15.9. The van der Waals surface area contributed by atoms with E-state index in [0.29, 0.717) is 18.0 Å². The molecular weight excluding hydrogens is 400 g/mol. The first-order chi connectivity index (χ1) is 14.2. The number of hydrogen-bond donors (Lipinski definition) is 2. The van der Waals surface area contributed by atoms with Crippen LogP contribution in [0.2, 0.25) is 0 Å². The monoisotopic (exact) mass is 416 g/mol. The Kier molecular flexibility index (Phi) is 5.66. The normalized spacial score (nSPS) is 12.0. The summed E-state index contributed by atoms with van der Waals surface area (Å²) in [5.41, 5.74) is 0.903. The molecule has 0 saturated heterocycles. The lowest BCUT2D eigenvalue weighted by atomic mass is 10.2. The van der Waals surface area contributed by atoms with Crippen LogP contribution in [0, 0.1) is 0 Å². The SMILES string of the molecule is O=C(CSc1nnc(CNC(=O)c2ccco2)o1)NCc1ccc2c(c1)OCO2. The fourth-order valence-electron chi connectivity index (χ4n) is 2.45. The largest absolute Gasteiger partial charge is 0.459 e. The minimum atomic E-state index is -0.384. The van der Waals surface area contributed by atoms with Gasteiger partial charge in [0.05, 0.1) is 18.6 Å². The average Bonchev–Trinajstić information content (AvgIpc) is 3.50. The van der Waals surface area contributed by atoms with Gasteiger partial charge in [0.2, 0.25) is 18.6 Å². The van der Waals surface area contributed by atoms with E-state index in [-0.39, 0.29) is 47.8 Å². The predicted octanol–water partition coefficient (Wildman–Crippen LogP) is 1.73. The summed E-state index contributed by atoms with van der Waals surface area (Å²) in [5.74, 6) is 1.34. The molecule has 4 rings (SSSR count). The summed E-state index contributed by atoms with van der Waals surface area (Å²) in [6.07, 6.45) is 1.41. The standard InChI is InChI=1S/C18H16N4O6S/c23-15(19-7-11-3-4-12-14(6-11)27-10-26-12)9-29-18-22-21-16(28-18)8-20-17(24)13-2-1-5-25-13/h1-6H,7-10H2,(H,19,23)(H,20,24). The van der Waals surface area contributed by atoms with Crippen molar-refractivity contribution < 1.29 is 27.9 Å². The summed E-state index contributed by atoms with van der Waals surface area (Å²) >= 11 is 1.11. The van der Waals surface area contributed by atoms with E-state index in [9.17, 15) is 9.59 Å². The molecule has 3 aromatic rings. The Labute approximate surface area is 168 Å². The molecule has 2 N–H and O–H groups in total. The van der Waals surface area contributed by atoms with Gasteiger partial charge in [-0.15, -0.1) is 10.2 Å². The molecule has 0 aliphatic carbocycles. The van der Waals surface area contributed by atoms with Crippen LogP contribution in [0.4, 0.5) is 0 Å². The number of ether oxygens (including phenoxy) is 2. The highest BCUT2D eigenvalue weighted by molar-refractivity contribution is 7.99. The van der Waals surface area contributed by atoms with Crippen molar-refractivity contribution in [3.05, 3.63) is 53.8 Å². The molecule has 10 nitrogen and oxygen atoms in total. The van der Waals surface area contributed by atoms with Crippen molar-refractivity contribution in [1.29, 1.82) is 0 Å². The van der Waals surface area contributed by atoms with Gasteiger partial charge in [0.15, 0.2) is 17.3 Å². The number of thioether (sulfide) groups is 1. The van der Waals surface area contributed by atoms with Gasteiger partial charge in [-0.2, -0.15) is 0 Å². The molecular formula is C18H16N4O6S. The van der Waals surface area contributed by atoms with Gasteiger partial charge in [0.25, 0.3) is 11.1 Å². The Morgan fingerprint density at radius 1 is 1.07 bits per heavy atom. The molecule has 0 fully saturated rings. The van der Waals surface area contributed by atoms with Crippen LogP contribution in [0.15, 0.2) is 50.7 Å². The molecule has 1 aliphatic rings. The van der Waals surface area contributed by atoms with Crippen LogP contribution in [0.5, 0.6) is 11.5 Å². The van der Waals surface area contributed by atoms with E-state index in [1.54, 1.807) is 12.1 Å². The topological polar surface area (TPSA) is 129 Å². The summed E-state index contributed by atoms with van der Waals surface area (Å²) in [6.45, 7) is 0.633. The number of benzene rings is 1. The maximum Gasteiger partial charge on any atom is 0.287 e. The molecule has 0 saturated carbocycles. The van der Waals surface area contributed by atoms with Gasteiger partial charge in [-0.3, -0.25) is 9.59 Å². The number of furan rings is 1. The van der Waals surface area contributed by atoms with Crippen molar-refractivity contribution in [3.8, 4) is 11.5 Å². The quantitative estimate of drug-likeness (QED) is 0.527. The van der Waals surface area contributed by atoms with Gasteiger partial charge >= 0.3 is 0 Å². The second-order valence-corrected chi connectivity index (χ2v) is 6.80. The number of amides is 2. The van der Waals surface area contributed by atoms with E-state index >= 15 is 0 Å². The predicted molar refractivity (Wildman–Crippen MR) is 99.3 cm³/mol. The summed E-state index contributed by atoms with van der Waals surface area (Å²) in [5, 5.41) is 13.3. The molecule has 1 aromatic carbocycles. The third-order valence-corrected chi connectivity index (χ3v) is 4.67. The van der Waals surface area contributed by atoms with Gasteiger partial charge < -0.3 is 28.9 Å². The summed E-state index contributed by atoms with van der Waals surface area (Å²) < 4.78 is 21.0.